The summed E-state index contributed by atoms with van der Waals surface area (Å²) in [4.78, 5) is 2.37. The predicted molar refractivity (Wildman–Crippen MR) is 81.0 cm³/mol. The Bertz CT molecular complexity index is 460. The number of hydrogen-bond donors (Lipinski definition) is 1. The van der Waals surface area contributed by atoms with Gasteiger partial charge < -0.3 is 5.11 Å². The fourth-order valence-electron chi connectivity index (χ4n) is 2.62. The molecule has 0 aromatic heterocycles. The van der Waals surface area contributed by atoms with Crippen LogP contribution in [0.3, 0.4) is 0 Å². The van der Waals surface area contributed by atoms with E-state index in [1.54, 1.807) is 12.1 Å². The molecule has 0 saturated carbocycles. The summed E-state index contributed by atoms with van der Waals surface area (Å²) in [6.45, 7) is 7.47. The molecule has 0 radical (unpaired) electrons. The highest BCUT2D eigenvalue weighted by Gasteiger charge is 2.23. The molecule has 4 heteroatoms. The molecule has 0 bridgehead atoms. The first kappa shape index (κ1) is 15.0. The van der Waals surface area contributed by atoms with Crippen LogP contribution in [-0.4, -0.2) is 23.1 Å². The van der Waals surface area contributed by atoms with E-state index in [1.807, 2.05) is 0 Å². The van der Waals surface area contributed by atoms with Gasteiger partial charge in [-0.15, -0.1) is 0 Å². The summed E-state index contributed by atoms with van der Waals surface area (Å²) in [5.41, 5.74) is 1.24. The first-order valence-corrected chi connectivity index (χ1v) is 7.52. The molecule has 1 aromatic rings. The van der Waals surface area contributed by atoms with Crippen molar-refractivity contribution in [2.24, 2.45) is 5.41 Å². The van der Waals surface area contributed by atoms with E-state index in [-0.39, 0.29) is 5.75 Å². The highest BCUT2D eigenvalue weighted by molar-refractivity contribution is 6.35. The van der Waals surface area contributed by atoms with Crippen molar-refractivity contribution >= 4 is 23.2 Å². The monoisotopic (exact) mass is 301 g/mol. The van der Waals surface area contributed by atoms with Gasteiger partial charge in [-0.05, 0) is 49.9 Å². The molecule has 1 aliphatic heterocycles. The summed E-state index contributed by atoms with van der Waals surface area (Å²) < 4.78 is 0. The molecule has 0 amide bonds. The lowest BCUT2D eigenvalue weighted by atomic mass is 9.85. The van der Waals surface area contributed by atoms with Crippen LogP contribution < -0.4 is 0 Å². The summed E-state index contributed by atoms with van der Waals surface area (Å²) in [6, 6.07) is 3.38. The van der Waals surface area contributed by atoms with E-state index < -0.39 is 0 Å². The van der Waals surface area contributed by atoms with Crippen LogP contribution in [0.15, 0.2) is 12.1 Å². The Balaban J connectivity index is 2.09. The van der Waals surface area contributed by atoms with Gasteiger partial charge in [0.1, 0.15) is 5.75 Å². The molecule has 19 heavy (non-hydrogen) atoms. The standard InChI is InChI=1S/C15H21Cl2NO/c1-15(2)4-3-6-18(7-5-15)10-11-8-12(16)9-13(17)14(11)19/h8-9,19H,3-7,10H2,1-2H3. The Morgan fingerprint density at radius 2 is 1.95 bits per heavy atom. The van der Waals surface area contributed by atoms with Gasteiger partial charge in [-0.25, -0.2) is 0 Å². The molecule has 1 heterocycles. The lowest BCUT2D eigenvalue weighted by molar-refractivity contribution is 0.253. The molecule has 2 nitrogen and oxygen atoms in total. The quantitative estimate of drug-likeness (QED) is 0.855. The smallest absolute Gasteiger partial charge is 0.138 e. The maximum atomic E-state index is 10.0. The molecule has 1 aromatic carbocycles. The number of halogens is 2. The molecule has 1 saturated heterocycles. The zero-order valence-corrected chi connectivity index (χ0v) is 13.1. The van der Waals surface area contributed by atoms with E-state index in [2.05, 4.69) is 18.7 Å². The normalized spacial score (nSPS) is 20.2. The highest BCUT2D eigenvalue weighted by atomic mass is 35.5. The molecular weight excluding hydrogens is 281 g/mol. The van der Waals surface area contributed by atoms with Crippen LogP contribution >= 0.6 is 23.2 Å². The Morgan fingerprint density at radius 3 is 2.68 bits per heavy atom. The van der Waals surface area contributed by atoms with E-state index in [1.165, 1.54) is 19.3 Å². The number of hydrogen-bond acceptors (Lipinski definition) is 2. The van der Waals surface area contributed by atoms with Crippen LogP contribution in [0, 0.1) is 5.41 Å². The van der Waals surface area contributed by atoms with Gasteiger partial charge in [-0.1, -0.05) is 37.0 Å². The molecule has 0 unspecified atom stereocenters. The minimum absolute atomic E-state index is 0.162. The topological polar surface area (TPSA) is 23.5 Å². The minimum Gasteiger partial charge on any atom is -0.506 e. The largest absolute Gasteiger partial charge is 0.506 e. The van der Waals surface area contributed by atoms with Crippen molar-refractivity contribution in [3.8, 4) is 5.75 Å². The van der Waals surface area contributed by atoms with Gasteiger partial charge in [0.15, 0.2) is 0 Å². The third-order valence-corrected chi connectivity index (χ3v) is 4.44. The van der Waals surface area contributed by atoms with Gasteiger partial charge in [0.05, 0.1) is 5.02 Å². The first-order chi connectivity index (χ1) is 8.87. The fraction of sp³-hybridized carbons (Fsp3) is 0.600. The molecule has 1 N–H and O–H groups in total. The molecule has 106 valence electrons. The minimum atomic E-state index is 0.162. The summed E-state index contributed by atoms with van der Waals surface area (Å²) in [5.74, 6) is 0.162. The Labute approximate surface area is 125 Å². The van der Waals surface area contributed by atoms with Crippen molar-refractivity contribution in [2.75, 3.05) is 13.1 Å². The zero-order chi connectivity index (χ0) is 14.0. The van der Waals surface area contributed by atoms with E-state index in [0.717, 1.165) is 18.7 Å². The highest BCUT2D eigenvalue weighted by Crippen LogP contribution is 2.34. The van der Waals surface area contributed by atoms with Crippen LogP contribution in [0.4, 0.5) is 0 Å². The number of benzene rings is 1. The third-order valence-electron chi connectivity index (χ3n) is 3.93. The van der Waals surface area contributed by atoms with Crippen LogP contribution in [-0.2, 0) is 6.54 Å². The van der Waals surface area contributed by atoms with Gasteiger partial charge >= 0.3 is 0 Å². The summed E-state index contributed by atoms with van der Waals surface area (Å²) in [5, 5.41) is 10.9. The Hall–Kier alpha value is -0.440. The van der Waals surface area contributed by atoms with Crippen molar-refractivity contribution in [2.45, 2.75) is 39.7 Å². The van der Waals surface area contributed by atoms with Crippen LogP contribution in [0.1, 0.15) is 38.7 Å². The number of nitrogens with zero attached hydrogens (tertiary/aromatic N) is 1. The second kappa shape index (κ2) is 5.90. The van der Waals surface area contributed by atoms with Crippen molar-refractivity contribution in [1.82, 2.24) is 4.90 Å². The second-order valence-electron chi connectivity index (χ2n) is 6.19. The van der Waals surface area contributed by atoms with Gasteiger partial charge in [0.2, 0.25) is 0 Å². The van der Waals surface area contributed by atoms with E-state index in [9.17, 15) is 5.11 Å². The van der Waals surface area contributed by atoms with Crippen molar-refractivity contribution in [3.05, 3.63) is 27.7 Å². The van der Waals surface area contributed by atoms with E-state index >= 15 is 0 Å². The second-order valence-corrected chi connectivity index (χ2v) is 7.03. The lowest BCUT2D eigenvalue weighted by Crippen LogP contribution is -2.25. The summed E-state index contributed by atoms with van der Waals surface area (Å²) >= 11 is 12.0. The maximum Gasteiger partial charge on any atom is 0.138 e. The molecule has 1 fully saturated rings. The lowest BCUT2D eigenvalue weighted by Gasteiger charge is -2.23. The van der Waals surface area contributed by atoms with Crippen LogP contribution in [0.25, 0.3) is 0 Å². The molecule has 0 atom stereocenters. The van der Waals surface area contributed by atoms with E-state index in [0.29, 0.717) is 22.0 Å². The SMILES string of the molecule is CC1(C)CCCN(Cc2cc(Cl)cc(Cl)c2O)CC1. The van der Waals surface area contributed by atoms with Crippen molar-refractivity contribution < 1.29 is 5.11 Å². The third kappa shape index (κ3) is 4.01. The number of likely N-dealkylation sites (tertiary alicyclic amines) is 1. The molecular formula is C15H21Cl2NO. The van der Waals surface area contributed by atoms with Gasteiger partial charge in [-0.2, -0.15) is 0 Å². The number of phenolic OH excluding ortho intramolecular Hbond substituents is 1. The number of aromatic hydroxyl groups is 1. The van der Waals surface area contributed by atoms with E-state index in [4.69, 9.17) is 23.2 Å². The van der Waals surface area contributed by atoms with Crippen LogP contribution in [0.5, 0.6) is 5.75 Å². The molecule has 1 aliphatic rings. The maximum absolute atomic E-state index is 10.0. The van der Waals surface area contributed by atoms with Crippen LogP contribution in [0.2, 0.25) is 10.0 Å². The number of rotatable bonds is 2. The fourth-order valence-corrected chi connectivity index (χ4v) is 3.15. The molecule has 2 rings (SSSR count). The average Bonchev–Trinajstić information content (AvgIpc) is 2.47. The van der Waals surface area contributed by atoms with Gasteiger partial charge in [0, 0.05) is 17.1 Å². The molecule has 0 spiro atoms. The summed E-state index contributed by atoms with van der Waals surface area (Å²) in [6.07, 6.45) is 3.63. The zero-order valence-electron chi connectivity index (χ0n) is 11.5. The first-order valence-electron chi connectivity index (χ1n) is 6.77. The average molecular weight is 302 g/mol. The van der Waals surface area contributed by atoms with Crippen molar-refractivity contribution in [3.63, 3.8) is 0 Å². The van der Waals surface area contributed by atoms with Gasteiger partial charge in [0.25, 0.3) is 0 Å². The van der Waals surface area contributed by atoms with Crippen molar-refractivity contribution in [1.29, 1.82) is 0 Å². The molecule has 0 aliphatic carbocycles. The Morgan fingerprint density at radius 1 is 1.21 bits per heavy atom. The number of phenols is 1. The summed E-state index contributed by atoms with van der Waals surface area (Å²) in [7, 11) is 0. The van der Waals surface area contributed by atoms with Gasteiger partial charge in [-0.3, -0.25) is 4.90 Å². The predicted octanol–water partition coefficient (Wildman–Crippen LogP) is 4.71. The Kier molecular flexibility index (Phi) is 4.65.